The van der Waals surface area contributed by atoms with E-state index in [1.54, 1.807) is 0 Å². The van der Waals surface area contributed by atoms with Crippen molar-refractivity contribution in [1.29, 1.82) is 0 Å². The van der Waals surface area contributed by atoms with Gasteiger partial charge in [0.2, 0.25) is 5.82 Å². The van der Waals surface area contributed by atoms with E-state index in [4.69, 9.17) is 5.73 Å². The maximum Gasteiger partial charge on any atom is 0.324 e. The van der Waals surface area contributed by atoms with Gasteiger partial charge in [0.05, 0.1) is 4.92 Å². The number of hydrogen-bond acceptors (Lipinski definition) is 5. The second-order valence-electron chi connectivity index (χ2n) is 6.14. The molecule has 7 nitrogen and oxygen atoms in total. The molecule has 1 fully saturated rings. The highest BCUT2D eigenvalue weighted by molar-refractivity contribution is 5.98. The van der Waals surface area contributed by atoms with E-state index < -0.39 is 10.8 Å². The molecule has 1 aliphatic carbocycles. The highest BCUT2D eigenvalue weighted by Gasteiger charge is 2.49. The van der Waals surface area contributed by atoms with Gasteiger partial charge in [0.15, 0.2) is 0 Å². The molecule has 2 rings (SSSR count). The molecule has 1 aromatic rings. The third-order valence-electron chi connectivity index (χ3n) is 4.21. The third-order valence-corrected chi connectivity index (χ3v) is 4.21. The second-order valence-corrected chi connectivity index (χ2v) is 6.14. The molecule has 0 spiro atoms. The molecule has 1 heterocycles. The molecular formula is C14H20N4O3. The number of anilines is 1. The van der Waals surface area contributed by atoms with Crippen molar-refractivity contribution in [3.8, 4) is 0 Å². The Morgan fingerprint density at radius 2 is 2.29 bits per heavy atom. The van der Waals surface area contributed by atoms with Crippen molar-refractivity contribution in [1.82, 2.24) is 4.98 Å². The Bertz CT molecular complexity index is 586. The third kappa shape index (κ3) is 2.96. The predicted molar refractivity (Wildman–Crippen MR) is 79.0 cm³/mol. The van der Waals surface area contributed by atoms with Gasteiger partial charge in [0.1, 0.15) is 5.56 Å². The van der Waals surface area contributed by atoms with Crippen LogP contribution >= 0.6 is 0 Å². The summed E-state index contributed by atoms with van der Waals surface area (Å²) >= 11 is 0. The van der Waals surface area contributed by atoms with Crippen LogP contribution in [0.2, 0.25) is 0 Å². The van der Waals surface area contributed by atoms with Crippen molar-refractivity contribution >= 4 is 17.4 Å². The molecule has 7 heteroatoms. The predicted octanol–water partition coefficient (Wildman–Crippen LogP) is 2.33. The van der Waals surface area contributed by atoms with E-state index in [0.717, 1.165) is 12.8 Å². The van der Waals surface area contributed by atoms with Crippen LogP contribution in [0, 0.1) is 21.4 Å². The van der Waals surface area contributed by atoms with Crippen molar-refractivity contribution in [3.63, 3.8) is 0 Å². The van der Waals surface area contributed by atoms with Crippen LogP contribution in [-0.2, 0) is 0 Å². The maximum absolute atomic E-state index is 11.3. The Labute approximate surface area is 123 Å². The lowest BCUT2D eigenvalue weighted by Crippen LogP contribution is -2.25. The minimum absolute atomic E-state index is 0.0920. The molecular weight excluding hydrogens is 272 g/mol. The minimum atomic E-state index is -0.827. The standard InChI is InChI=1S/C14H20N4O3/c1-4-10(9-7-14(9,2)3)17-13-11(18(20)21)8(12(15)19)5-6-16-13/h5-6,9-10H,4,7H2,1-3H3,(H2,15,19)(H,16,17)/t9-,10-/m1/s1. The Balaban J connectivity index is 2.33. The largest absolute Gasteiger partial charge is 0.365 e. The Morgan fingerprint density at radius 3 is 2.71 bits per heavy atom. The molecule has 0 unspecified atom stereocenters. The molecule has 0 bridgehead atoms. The number of amides is 1. The quantitative estimate of drug-likeness (QED) is 0.617. The molecule has 114 valence electrons. The summed E-state index contributed by atoms with van der Waals surface area (Å²) in [7, 11) is 0. The second kappa shape index (κ2) is 5.31. The number of nitrogens with two attached hydrogens (primary N) is 1. The first kappa shape index (κ1) is 15.2. The summed E-state index contributed by atoms with van der Waals surface area (Å²) in [5, 5.41) is 14.4. The number of primary amides is 1. The average molecular weight is 292 g/mol. The summed E-state index contributed by atoms with van der Waals surface area (Å²) in [4.78, 5) is 26.0. The van der Waals surface area contributed by atoms with Gasteiger partial charge in [0, 0.05) is 12.2 Å². The van der Waals surface area contributed by atoms with E-state index in [-0.39, 0.29) is 28.5 Å². The van der Waals surface area contributed by atoms with Crippen LogP contribution < -0.4 is 11.1 Å². The molecule has 0 aliphatic heterocycles. The number of nitrogens with zero attached hydrogens (tertiary/aromatic N) is 2. The number of hydrogen-bond donors (Lipinski definition) is 2. The first-order valence-electron chi connectivity index (χ1n) is 6.97. The van der Waals surface area contributed by atoms with Gasteiger partial charge in [-0.3, -0.25) is 14.9 Å². The number of aromatic nitrogens is 1. The number of carbonyl (C=O) groups excluding carboxylic acids is 1. The Hall–Kier alpha value is -2.18. The summed E-state index contributed by atoms with van der Waals surface area (Å²) < 4.78 is 0. The van der Waals surface area contributed by atoms with Gasteiger partial charge in [0.25, 0.3) is 5.91 Å². The lowest BCUT2D eigenvalue weighted by atomic mass is 10.0. The molecule has 1 aromatic heterocycles. The molecule has 3 N–H and O–H groups in total. The van der Waals surface area contributed by atoms with Crippen molar-refractivity contribution in [2.75, 3.05) is 5.32 Å². The monoisotopic (exact) mass is 292 g/mol. The summed E-state index contributed by atoms with van der Waals surface area (Å²) in [6, 6.07) is 1.36. The fourth-order valence-electron chi connectivity index (χ4n) is 2.80. The number of rotatable bonds is 6. The van der Waals surface area contributed by atoms with Crippen molar-refractivity contribution in [2.45, 2.75) is 39.7 Å². The van der Waals surface area contributed by atoms with Gasteiger partial charge in [-0.05, 0) is 30.2 Å². The summed E-state index contributed by atoms with van der Waals surface area (Å²) in [6.45, 7) is 6.36. The highest BCUT2D eigenvalue weighted by Crippen LogP contribution is 2.54. The van der Waals surface area contributed by atoms with Gasteiger partial charge in [-0.1, -0.05) is 20.8 Å². The molecule has 1 aliphatic rings. The zero-order valence-corrected chi connectivity index (χ0v) is 12.4. The topological polar surface area (TPSA) is 111 Å². The first-order valence-corrected chi connectivity index (χ1v) is 6.97. The van der Waals surface area contributed by atoms with Crippen molar-refractivity contribution in [3.05, 3.63) is 27.9 Å². The van der Waals surface area contributed by atoms with Crippen LogP contribution in [-0.4, -0.2) is 21.9 Å². The first-order chi connectivity index (χ1) is 9.77. The number of carbonyl (C=O) groups is 1. The Kier molecular flexibility index (Phi) is 3.85. The van der Waals surface area contributed by atoms with Crippen LogP contribution in [0.4, 0.5) is 11.5 Å². The fourth-order valence-corrected chi connectivity index (χ4v) is 2.80. The zero-order valence-electron chi connectivity index (χ0n) is 12.4. The van der Waals surface area contributed by atoms with E-state index in [2.05, 4.69) is 24.1 Å². The van der Waals surface area contributed by atoms with Crippen LogP contribution in [0.15, 0.2) is 12.3 Å². The molecule has 0 radical (unpaired) electrons. The highest BCUT2D eigenvalue weighted by atomic mass is 16.6. The smallest absolute Gasteiger partial charge is 0.324 e. The van der Waals surface area contributed by atoms with E-state index in [9.17, 15) is 14.9 Å². The van der Waals surface area contributed by atoms with Crippen LogP contribution in [0.1, 0.15) is 44.0 Å². The minimum Gasteiger partial charge on any atom is -0.365 e. The summed E-state index contributed by atoms with van der Waals surface area (Å²) in [6.07, 6.45) is 3.26. The Morgan fingerprint density at radius 1 is 1.67 bits per heavy atom. The fraction of sp³-hybridized carbons (Fsp3) is 0.571. The van der Waals surface area contributed by atoms with E-state index >= 15 is 0 Å². The van der Waals surface area contributed by atoms with Gasteiger partial charge >= 0.3 is 5.69 Å². The van der Waals surface area contributed by atoms with Gasteiger partial charge in [-0.2, -0.15) is 0 Å². The lowest BCUT2D eigenvalue weighted by molar-refractivity contribution is -0.384. The van der Waals surface area contributed by atoms with Crippen molar-refractivity contribution in [2.24, 2.45) is 17.1 Å². The van der Waals surface area contributed by atoms with Crippen LogP contribution in [0.25, 0.3) is 0 Å². The lowest BCUT2D eigenvalue weighted by Gasteiger charge is -2.19. The number of pyridine rings is 1. The molecule has 0 aromatic carbocycles. The normalized spacial score (nSPS) is 20.6. The van der Waals surface area contributed by atoms with Crippen molar-refractivity contribution < 1.29 is 9.72 Å². The molecule has 1 saturated carbocycles. The molecule has 2 atom stereocenters. The van der Waals surface area contributed by atoms with Crippen LogP contribution in [0.5, 0.6) is 0 Å². The molecule has 0 saturated heterocycles. The van der Waals surface area contributed by atoms with Gasteiger partial charge < -0.3 is 11.1 Å². The van der Waals surface area contributed by atoms with E-state index in [1.807, 2.05) is 6.92 Å². The SMILES string of the molecule is CC[C@@H](Nc1nccc(C(N)=O)c1[N+](=O)[O-])[C@H]1CC1(C)C. The number of nitrogens with one attached hydrogen (secondary N) is 1. The van der Waals surface area contributed by atoms with Gasteiger partial charge in [-0.15, -0.1) is 0 Å². The van der Waals surface area contributed by atoms with Gasteiger partial charge in [-0.25, -0.2) is 4.98 Å². The van der Waals surface area contributed by atoms with Crippen LogP contribution in [0.3, 0.4) is 0 Å². The molecule has 21 heavy (non-hydrogen) atoms. The zero-order chi connectivity index (χ0) is 15.8. The average Bonchev–Trinajstić information content (AvgIpc) is 3.03. The van der Waals surface area contributed by atoms with E-state index in [1.165, 1.54) is 12.3 Å². The van der Waals surface area contributed by atoms with E-state index in [0.29, 0.717) is 5.92 Å². The maximum atomic E-state index is 11.3. The number of nitro groups is 1. The summed E-state index contributed by atoms with van der Waals surface area (Å²) in [5.41, 5.74) is 4.97. The molecule has 1 amide bonds. The summed E-state index contributed by atoms with van der Waals surface area (Å²) in [5.74, 6) is -0.265.